The molecule has 1 amide bonds. The molecule has 0 heterocycles. The Kier molecular flexibility index (Phi) is 7.09. The van der Waals surface area contributed by atoms with E-state index < -0.39 is 11.9 Å². The molecule has 5 nitrogen and oxygen atoms in total. The highest BCUT2D eigenvalue weighted by atomic mass is 35.5. The molecule has 31 heavy (non-hydrogen) atoms. The van der Waals surface area contributed by atoms with Gasteiger partial charge in [0.2, 0.25) is 0 Å². The lowest BCUT2D eigenvalue weighted by atomic mass is 10.1. The first-order valence-corrected chi connectivity index (χ1v) is 9.89. The monoisotopic (exact) mass is 450 g/mol. The molecule has 0 saturated carbocycles. The highest BCUT2D eigenvalue weighted by Crippen LogP contribution is 2.30. The predicted molar refractivity (Wildman–Crippen MR) is 121 cm³/mol. The smallest absolute Gasteiger partial charge is 0.343 e. The SMILES string of the molecule is Cc1ccc(C(=O)Oc2cccc(/C=C(\C#N)C(=O)Nc3cccc(Cl)c3Cl)c2)cc1. The summed E-state index contributed by atoms with van der Waals surface area (Å²) in [4.78, 5) is 24.8. The molecule has 0 radical (unpaired) electrons. The summed E-state index contributed by atoms with van der Waals surface area (Å²) in [5.74, 6) is -0.862. The van der Waals surface area contributed by atoms with E-state index in [2.05, 4.69) is 5.32 Å². The molecule has 0 spiro atoms. The summed E-state index contributed by atoms with van der Waals surface area (Å²) in [7, 11) is 0. The van der Waals surface area contributed by atoms with E-state index in [1.54, 1.807) is 54.6 Å². The van der Waals surface area contributed by atoms with Crippen molar-refractivity contribution in [1.82, 2.24) is 0 Å². The minimum absolute atomic E-state index is 0.155. The third kappa shape index (κ3) is 5.73. The van der Waals surface area contributed by atoms with Crippen LogP contribution in [0, 0.1) is 18.3 Å². The van der Waals surface area contributed by atoms with Gasteiger partial charge in [-0.15, -0.1) is 0 Å². The Balaban J connectivity index is 1.77. The number of esters is 1. The standard InChI is InChI=1S/C24H16Cl2N2O3/c1-15-8-10-17(11-9-15)24(30)31-19-5-2-4-16(13-19)12-18(14-27)23(29)28-21-7-3-6-20(25)22(21)26/h2-13H,1H3,(H,28,29)/b18-12+. The first kappa shape index (κ1) is 22.1. The van der Waals surface area contributed by atoms with Crippen LogP contribution >= 0.6 is 23.2 Å². The van der Waals surface area contributed by atoms with Gasteiger partial charge in [-0.3, -0.25) is 4.79 Å². The molecule has 0 aromatic heterocycles. The number of amides is 1. The maximum Gasteiger partial charge on any atom is 0.343 e. The number of nitrogens with zero attached hydrogens (tertiary/aromatic N) is 1. The van der Waals surface area contributed by atoms with Gasteiger partial charge in [0, 0.05) is 0 Å². The maximum atomic E-state index is 12.5. The summed E-state index contributed by atoms with van der Waals surface area (Å²) in [5, 5.41) is 12.4. The van der Waals surface area contributed by atoms with E-state index >= 15 is 0 Å². The Morgan fingerprint density at radius 3 is 2.45 bits per heavy atom. The summed E-state index contributed by atoms with van der Waals surface area (Å²) in [6, 6.07) is 20.2. The molecule has 1 N–H and O–H groups in total. The molecule has 3 aromatic rings. The van der Waals surface area contributed by atoms with Gasteiger partial charge in [0.1, 0.15) is 17.4 Å². The normalized spacial score (nSPS) is 10.8. The molecule has 0 fully saturated rings. The molecule has 3 rings (SSSR count). The fourth-order valence-electron chi connectivity index (χ4n) is 2.63. The Hall–Kier alpha value is -3.59. The quantitative estimate of drug-likeness (QED) is 0.221. The number of hydrogen-bond acceptors (Lipinski definition) is 4. The van der Waals surface area contributed by atoms with Crippen LogP contribution in [0.1, 0.15) is 21.5 Å². The Bertz CT molecular complexity index is 1210. The fraction of sp³-hybridized carbons (Fsp3) is 0.0417. The molecule has 0 aliphatic heterocycles. The number of hydrogen-bond donors (Lipinski definition) is 1. The first-order chi connectivity index (χ1) is 14.9. The minimum Gasteiger partial charge on any atom is -0.423 e. The molecule has 0 saturated heterocycles. The van der Waals surface area contributed by atoms with Crippen molar-refractivity contribution in [3.63, 3.8) is 0 Å². The first-order valence-electron chi connectivity index (χ1n) is 9.13. The topological polar surface area (TPSA) is 79.2 Å². The lowest BCUT2D eigenvalue weighted by Gasteiger charge is -2.08. The van der Waals surface area contributed by atoms with Gasteiger partial charge in [0.25, 0.3) is 5.91 Å². The van der Waals surface area contributed by atoms with Crippen molar-refractivity contribution < 1.29 is 14.3 Å². The van der Waals surface area contributed by atoms with Gasteiger partial charge in [-0.1, -0.05) is 59.1 Å². The number of nitriles is 1. The van der Waals surface area contributed by atoms with Crippen molar-refractivity contribution in [2.45, 2.75) is 6.92 Å². The third-order valence-electron chi connectivity index (χ3n) is 4.23. The lowest BCUT2D eigenvalue weighted by molar-refractivity contribution is -0.112. The second-order valence-electron chi connectivity index (χ2n) is 6.55. The van der Waals surface area contributed by atoms with Crippen LogP contribution in [-0.2, 0) is 4.79 Å². The maximum absolute atomic E-state index is 12.5. The molecule has 3 aromatic carbocycles. The van der Waals surface area contributed by atoms with E-state index in [-0.39, 0.29) is 21.4 Å². The van der Waals surface area contributed by atoms with E-state index in [1.807, 2.05) is 25.1 Å². The number of benzene rings is 3. The lowest BCUT2D eigenvalue weighted by Crippen LogP contribution is -2.13. The fourth-order valence-corrected chi connectivity index (χ4v) is 2.98. The van der Waals surface area contributed by atoms with Crippen LogP contribution in [0.5, 0.6) is 5.75 Å². The number of anilines is 1. The molecular weight excluding hydrogens is 435 g/mol. The Labute approximate surface area is 189 Å². The van der Waals surface area contributed by atoms with Crippen LogP contribution in [-0.4, -0.2) is 11.9 Å². The van der Waals surface area contributed by atoms with Crippen LogP contribution < -0.4 is 10.1 Å². The van der Waals surface area contributed by atoms with Crippen molar-refractivity contribution in [1.29, 1.82) is 5.26 Å². The van der Waals surface area contributed by atoms with Gasteiger partial charge in [-0.05, 0) is 55.0 Å². The Morgan fingerprint density at radius 1 is 1.03 bits per heavy atom. The van der Waals surface area contributed by atoms with Crippen molar-refractivity contribution in [3.05, 3.63) is 99.0 Å². The van der Waals surface area contributed by atoms with Crippen molar-refractivity contribution in [3.8, 4) is 11.8 Å². The highest BCUT2D eigenvalue weighted by Gasteiger charge is 2.13. The molecule has 0 aliphatic carbocycles. The van der Waals surface area contributed by atoms with Gasteiger partial charge >= 0.3 is 5.97 Å². The van der Waals surface area contributed by atoms with Crippen LogP contribution in [0.2, 0.25) is 10.0 Å². The van der Waals surface area contributed by atoms with Crippen LogP contribution in [0.3, 0.4) is 0 Å². The van der Waals surface area contributed by atoms with E-state index in [9.17, 15) is 14.9 Å². The predicted octanol–water partition coefficient (Wildman–Crippen LogP) is 6.07. The van der Waals surface area contributed by atoms with Crippen LogP contribution in [0.15, 0.2) is 72.3 Å². The van der Waals surface area contributed by atoms with Gasteiger partial charge in [-0.2, -0.15) is 5.26 Å². The summed E-state index contributed by atoms with van der Waals surface area (Å²) in [5.41, 5.74) is 2.10. The second kappa shape index (κ2) is 9.94. The van der Waals surface area contributed by atoms with Crippen LogP contribution in [0.25, 0.3) is 6.08 Å². The molecule has 0 unspecified atom stereocenters. The van der Waals surface area contributed by atoms with E-state index in [0.29, 0.717) is 16.8 Å². The molecule has 0 bridgehead atoms. The molecule has 0 atom stereocenters. The number of aryl methyl sites for hydroxylation is 1. The third-order valence-corrected chi connectivity index (χ3v) is 5.05. The zero-order chi connectivity index (χ0) is 22.4. The Morgan fingerprint density at radius 2 is 1.74 bits per heavy atom. The number of carbonyl (C=O) groups excluding carboxylic acids is 2. The zero-order valence-corrected chi connectivity index (χ0v) is 17.9. The average molecular weight is 451 g/mol. The average Bonchev–Trinajstić information content (AvgIpc) is 2.76. The van der Waals surface area contributed by atoms with Gasteiger partial charge in [0.15, 0.2) is 0 Å². The van der Waals surface area contributed by atoms with Crippen molar-refractivity contribution >= 4 is 46.8 Å². The number of rotatable bonds is 5. The zero-order valence-electron chi connectivity index (χ0n) is 16.4. The van der Waals surface area contributed by atoms with Gasteiger partial charge < -0.3 is 10.1 Å². The van der Waals surface area contributed by atoms with E-state index in [0.717, 1.165) is 5.56 Å². The molecule has 7 heteroatoms. The number of carbonyl (C=O) groups is 2. The number of halogens is 2. The largest absolute Gasteiger partial charge is 0.423 e. The van der Waals surface area contributed by atoms with Gasteiger partial charge in [-0.25, -0.2) is 4.79 Å². The minimum atomic E-state index is -0.645. The summed E-state index contributed by atoms with van der Waals surface area (Å²) in [6.07, 6.45) is 1.39. The van der Waals surface area contributed by atoms with E-state index in [1.165, 1.54) is 6.08 Å². The summed E-state index contributed by atoms with van der Waals surface area (Å²) in [6.45, 7) is 1.92. The number of ether oxygens (including phenoxy) is 1. The summed E-state index contributed by atoms with van der Waals surface area (Å²) < 4.78 is 5.40. The molecule has 0 aliphatic rings. The van der Waals surface area contributed by atoms with Crippen molar-refractivity contribution in [2.75, 3.05) is 5.32 Å². The highest BCUT2D eigenvalue weighted by molar-refractivity contribution is 6.44. The second-order valence-corrected chi connectivity index (χ2v) is 7.34. The number of nitrogens with one attached hydrogen (secondary N) is 1. The molecular formula is C24H16Cl2N2O3. The molecule has 154 valence electrons. The van der Waals surface area contributed by atoms with E-state index in [4.69, 9.17) is 27.9 Å². The van der Waals surface area contributed by atoms with Crippen LogP contribution in [0.4, 0.5) is 5.69 Å². The van der Waals surface area contributed by atoms with Gasteiger partial charge in [0.05, 0.1) is 21.3 Å². The van der Waals surface area contributed by atoms with Crippen molar-refractivity contribution in [2.24, 2.45) is 0 Å². The summed E-state index contributed by atoms with van der Waals surface area (Å²) >= 11 is 12.0.